The van der Waals surface area contributed by atoms with Crippen LogP contribution < -0.4 is 22.9 Å². The van der Waals surface area contributed by atoms with E-state index >= 15 is 0 Å². The molecule has 0 saturated heterocycles. The standard InChI is InChI=1S/C20H22N2O2.C10H14.C8H12N2.C4H10N2/c1-7-8(2)10(4)14-13(9(7)3)19(23)15-16(20(14)24)18(22)12(6)11(5)17(15)21;1-7-5-6-8(2)10(4)9(7)3;1-5-6(2)8(10)4-3-7(5)9;1-3-5-6-4-2/h21-22H2,1-6H3;5-6H,1-4H3;3-4H,9-10H2,1-2H3;3-4H2,1-2H3. The summed E-state index contributed by atoms with van der Waals surface area (Å²) in [5.41, 5.74) is 40.6. The average molecular weight is 679 g/mol. The van der Waals surface area contributed by atoms with Crippen molar-refractivity contribution >= 4 is 34.3 Å². The number of nitrogens with two attached hydrogens (primary N) is 4. The Morgan fingerprint density at radius 2 is 0.700 bits per heavy atom. The minimum Gasteiger partial charge on any atom is -0.399 e. The molecular formula is C42H58N6O2. The maximum atomic E-state index is 13.2. The SMILES string of the molecule is CCN=NCC.Cc1c(C)c(C)c2c(c1C)C(=O)c1c(N)c(C)c(C)c(N)c1C2=O.Cc1c(N)ccc(N)c1C.Cc1ccc(C)c(C)c1C. The molecule has 0 fully saturated rings. The molecule has 1 aliphatic rings. The molecule has 0 amide bonds. The van der Waals surface area contributed by atoms with E-state index in [-0.39, 0.29) is 22.7 Å². The van der Waals surface area contributed by atoms with Gasteiger partial charge in [-0.25, -0.2) is 0 Å². The summed E-state index contributed by atoms with van der Waals surface area (Å²) in [7, 11) is 0. The molecule has 0 aromatic heterocycles. The maximum Gasteiger partial charge on any atom is 0.196 e. The molecule has 5 rings (SSSR count). The maximum absolute atomic E-state index is 13.2. The Morgan fingerprint density at radius 3 is 0.980 bits per heavy atom. The van der Waals surface area contributed by atoms with Gasteiger partial charge < -0.3 is 22.9 Å². The van der Waals surface area contributed by atoms with Gasteiger partial charge in [0.2, 0.25) is 0 Å². The molecule has 0 spiro atoms. The van der Waals surface area contributed by atoms with E-state index in [1.54, 1.807) is 0 Å². The van der Waals surface area contributed by atoms with E-state index in [0.29, 0.717) is 22.5 Å². The van der Waals surface area contributed by atoms with Crippen molar-refractivity contribution in [3.63, 3.8) is 0 Å². The summed E-state index contributed by atoms with van der Waals surface area (Å²) in [4.78, 5) is 26.5. The number of rotatable bonds is 2. The molecule has 0 heterocycles. The fraction of sp³-hybridized carbons (Fsp3) is 0.381. The van der Waals surface area contributed by atoms with E-state index in [0.717, 1.165) is 69.0 Å². The van der Waals surface area contributed by atoms with E-state index in [1.807, 2.05) is 81.4 Å². The quantitative estimate of drug-likeness (QED) is 0.107. The minimum atomic E-state index is -0.199. The van der Waals surface area contributed by atoms with Crippen molar-refractivity contribution in [3.8, 4) is 0 Å². The van der Waals surface area contributed by atoms with Gasteiger partial charge in [0.25, 0.3) is 0 Å². The number of hydrogen-bond donors (Lipinski definition) is 4. The molecule has 4 aromatic rings. The van der Waals surface area contributed by atoms with Crippen LogP contribution in [0.5, 0.6) is 0 Å². The summed E-state index contributed by atoms with van der Waals surface area (Å²) in [6.07, 6.45) is 0. The fourth-order valence-corrected chi connectivity index (χ4v) is 5.80. The predicted octanol–water partition coefficient (Wildman–Crippen LogP) is 9.34. The summed E-state index contributed by atoms with van der Waals surface area (Å²) in [6.45, 7) is 29.6. The van der Waals surface area contributed by atoms with Crippen LogP contribution in [0.3, 0.4) is 0 Å². The molecule has 1 aliphatic carbocycles. The summed E-state index contributed by atoms with van der Waals surface area (Å²) in [5.74, 6) is -0.397. The zero-order valence-corrected chi connectivity index (χ0v) is 32.7. The van der Waals surface area contributed by atoms with Crippen molar-refractivity contribution in [2.45, 2.75) is 96.9 Å². The van der Waals surface area contributed by atoms with Crippen molar-refractivity contribution in [1.82, 2.24) is 0 Å². The number of fused-ring (bicyclic) bond motifs is 2. The largest absolute Gasteiger partial charge is 0.399 e. The van der Waals surface area contributed by atoms with Gasteiger partial charge in [0.15, 0.2) is 11.6 Å². The van der Waals surface area contributed by atoms with Crippen LogP contribution in [0.25, 0.3) is 0 Å². The van der Waals surface area contributed by atoms with E-state index < -0.39 is 0 Å². The van der Waals surface area contributed by atoms with E-state index in [9.17, 15) is 9.59 Å². The van der Waals surface area contributed by atoms with Gasteiger partial charge in [-0.15, -0.1) is 0 Å². The van der Waals surface area contributed by atoms with E-state index in [1.165, 1.54) is 22.3 Å². The Bertz CT molecular complexity index is 1700. The zero-order chi connectivity index (χ0) is 38.4. The number of nitrogens with zero attached hydrogens (tertiary/aromatic N) is 2. The lowest BCUT2D eigenvalue weighted by Crippen LogP contribution is -2.28. The molecule has 8 nitrogen and oxygen atoms in total. The van der Waals surface area contributed by atoms with Gasteiger partial charge in [0, 0.05) is 33.9 Å². The Labute approximate surface area is 299 Å². The number of carbonyl (C=O) groups is 2. The van der Waals surface area contributed by atoms with Crippen molar-refractivity contribution in [2.75, 3.05) is 36.0 Å². The Morgan fingerprint density at radius 1 is 0.400 bits per heavy atom. The number of aryl methyl sites for hydroxylation is 2. The number of carbonyl (C=O) groups excluding carboxylic acids is 2. The lowest BCUT2D eigenvalue weighted by molar-refractivity contribution is 0.0979. The van der Waals surface area contributed by atoms with Gasteiger partial charge in [-0.1, -0.05) is 12.1 Å². The molecule has 8 N–H and O–H groups in total. The summed E-state index contributed by atoms with van der Waals surface area (Å²) in [5, 5.41) is 7.43. The first-order chi connectivity index (χ1) is 23.3. The lowest BCUT2D eigenvalue weighted by Gasteiger charge is -2.27. The third kappa shape index (κ3) is 8.24. The van der Waals surface area contributed by atoms with E-state index in [2.05, 4.69) is 50.1 Å². The molecule has 0 bridgehead atoms. The second-order valence-electron chi connectivity index (χ2n) is 13.1. The molecule has 0 radical (unpaired) electrons. The first-order valence-corrected chi connectivity index (χ1v) is 17.1. The van der Waals surface area contributed by atoms with Crippen LogP contribution >= 0.6 is 0 Å². The summed E-state index contributed by atoms with van der Waals surface area (Å²) in [6, 6.07) is 8.02. The summed E-state index contributed by atoms with van der Waals surface area (Å²) >= 11 is 0. The van der Waals surface area contributed by atoms with Crippen LogP contribution in [0.2, 0.25) is 0 Å². The van der Waals surface area contributed by atoms with Crippen molar-refractivity contribution in [1.29, 1.82) is 0 Å². The van der Waals surface area contributed by atoms with Crippen molar-refractivity contribution in [2.24, 2.45) is 10.2 Å². The van der Waals surface area contributed by atoms with E-state index in [4.69, 9.17) is 22.9 Å². The van der Waals surface area contributed by atoms with Gasteiger partial charge in [-0.05, 0) is 176 Å². The third-order valence-corrected chi connectivity index (χ3v) is 10.3. The fourth-order valence-electron chi connectivity index (χ4n) is 5.80. The second kappa shape index (κ2) is 17.1. The monoisotopic (exact) mass is 678 g/mol. The van der Waals surface area contributed by atoms with Crippen LogP contribution in [0, 0.1) is 83.1 Å². The second-order valence-corrected chi connectivity index (χ2v) is 13.1. The number of nitrogen functional groups attached to an aromatic ring is 4. The van der Waals surface area contributed by atoms with Gasteiger partial charge in [0.05, 0.1) is 24.2 Å². The highest BCUT2D eigenvalue weighted by molar-refractivity contribution is 6.33. The normalized spacial score (nSPS) is 11.5. The first-order valence-electron chi connectivity index (χ1n) is 17.1. The van der Waals surface area contributed by atoms with Gasteiger partial charge in [-0.3, -0.25) is 9.59 Å². The average Bonchev–Trinajstić information content (AvgIpc) is 3.09. The highest BCUT2D eigenvalue weighted by atomic mass is 16.1. The molecule has 0 saturated carbocycles. The Balaban J connectivity index is 0.000000274. The molecule has 0 atom stereocenters. The zero-order valence-electron chi connectivity index (χ0n) is 32.7. The Kier molecular flexibility index (Phi) is 14.1. The van der Waals surface area contributed by atoms with Gasteiger partial charge in [0.1, 0.15) is 0 Å². The molecule has 0 unspecified atom stereocenters. The number of ketones is 2. The predicted molar refractivity (Wildman–Crippen MR) is 213 cm³/mol. The highest BCUT2D eigenvalue weighted by Gasteiger charge is 2.37. The van der Waals surface area contributed by atoms with Crippen LogP contribution in [0.4, 0.5) is 22.7 Å². The number of hydrogen-bond acceptors (Lipinski definition) is 8. The highest BCUT2D eigenvalue weighted by Crippen LogP contribution is 2.41. The van der Waals surface area contributed by atoms with Crippen LogP contribution in [-0.2, 0) is 0 Å². The third-order valence-electron chi connectivity index (χ3n) is 10.3. The number of azo groups is 1. The van der Waals surface area contributed by atoms with Crippen LogP contribution in [-0.4, -0.2) is 24.7 Å². The van der Waals surface area contributed by atoms with Crippen LogP contribution in [0.15, 0.2) is 34.5 Å². The molecule has 268 valence electrons. The first kappa shape index (κ1) is 41.2. The van der Waals surface area contributed by atoms with Crippen molar-refractivity contribution in [3.05, 3.63) is 113 Å². The summed E-state index contributed by atoms with van der Waals surface area (Å²) < 4.78 is 0. The molecule has 0 aliphatic heterocycles. The molecule has 50 heavy (non-hydrogen) atoms. The Hall–Kier alpha value is -4.98. The van der Waals surface area contributed by atoms with Gasteiger partial charge in [-0.2, -0.15) is 10.2 Å². The van der Waals surface area contributed by atoms with Crippen molar-refractivity contribution < 1.29 is 9.59 Å². The molecular weight excluding hydrogens is 621 g/mol. The topological polar surface area (TPSA) is 163 Å². The lowest BCUT2D eigenvalue weighted by atomic mass is 9.75. The molecule has 8 heteroatoms. The van der Waals surface area contributed by atoms with Crippen LogP contribution in [0.1, 0.15) is 112 Å². The number of anilines is 4. The molecule has 4 aromatic carbocycles. The van der Waals surface area contributed by atoms with Gasteiger partial charge >= 0.3 is 0 Å². The number of benzene rings is 4. The minimum absolute atomic E-state index is 0.199. The smallest absolute Gasteiger partial charge is 0.196 e.